The highest BCUT2D eigenvalue weighted by molar-refractivity contribution is 5.84. The molecule has 0 radical (unpaired) electrons. The Morgan fingerprint density at radius 1 is 1.26 bits per heavy atom. The van der Waals surface area contributed by atoms with Crippen LogP contribution in [0.4, 0.5) is 23.7 Å². The van der Waals surface area contributed by atoms with Crippen molar-refractivity contribution < 1.29 is 32.2 Å². The average Bonchev–Trinajstić information content (AvgIpc) is 3.03. The molecule has 1 aromatic rings. The monoisotopic (exact) mass is 332 g/mol. The molecule has 1 aromatic carbocycles. The molecule has 0 aliphatic carbocycles. The second kappa shape index (κ2) is 5.99. The summed E-state index contributed by atoms with van der Waals surface area (Å²) in [7, 11) is 0. The van der Waals surface area contributed by atoms with Crippen LogP contribution in [0.3, 0.4) is 0 Å². The second-order valence-corrected chi connectivity index (χ2v) is 5.41. The van der Waals surface area contributed by atoms with Crippen molar-refractivity contribution in [1.29, 1.82) is 0 Å². The van der Waals surface area contributed by atoms with Gasteiger partial charge in [-0.3, -0.25) is 5.32 Å². The van der Waals surface area contributed by atoms with Crippen molar-refractivity contribution in [2.24, 2.45) is 5.73 Å². The Bertz CT molecular complexity index is 596. The van der Waals surface area contributed by atoms with E-state index in [2.05, 4.69) is 5.32 Å². The molecule has 1 amide bonds. The van der Waals surface area contributed by atoms with Gasteiger partial charge >= 0.3 is 12.3 Å². The van der Waals surface area contributed by atoms with Crippen LogP contribution in [0.15, 0.2) is 24.3 Å². The third kappa shape index (κ3) is 3.41. The maximum Gasteiger partial charge on any atom is 0.416 e. The number of benzene rings is 1. The van der Waals surface area contributed by atoms with Crippen molar-refractivity contribution in [1.82, 2.24) is 0 Å². The van der Waals surface area contributed by atoms with Crippen LogP contribution in [0.25, 0.3) is 0 Å². The highest BCUT2D eigenvalue weighted by Crippen LogP contribution is 2.31. The first-order valence-electron chi connectivity index (χ1n) is 6.98. The minimum absolute atomic E-state index is 0.00988. The number of nitrogens with one attached hydrogen (secondary N) is 1. The first-order valence-corrected chi connectivity index (χ1v) is 6.98. The van der Waals surface area contributed by atoms with E-state index in [1.807, 2.05) is 0 Å². The van der Waals surface area contributed by atoms with Crippen molar-refractivity contribution in [3.05, 3.63) is 29.8 Å². The van der Waals surface area contributed by atoms with Crippen LogP contribution in [-0.4, -0.2) is 43.7 Å². The largest absolute Gasteiger partial charge is 0.441 e. The number of fused-ring (bicyclic) bond motifs is 1. The topological polar surface area (TPSA) is 82.8 Å². The molecule has 9 heteroatoms. The van der Waals surface area contributed by atoms with E-state index in [0.29, 0.717) is 6.61 Å². The van der Waals surface area contributed by atoms with Crippen LogP contribution in [0.5, 0.6) is 0 Å². The van der Waals surface area contributed by atoms with Gasteiger partial charge in [0.1, 0.15) is 12.2 Å². The van der Waals surface area contributed by atoms with Crippen LogP contribution in [-0.2, 0) is 20.4 Å². The van der Waals surface area contributed by atoms with Gasteiger partial charge in [0.15, 0.2) is 6.10 Å². The second-order valence-electron chi connectivity index (χ2n) is 5.41. The number of ether oxygens (including phenoxy) is 3. The lowest BCUT2D eigenvalue weighted by Crippen LogP contribution is -2.38. The highest BCUT2D eigenvalue weighted by Gasteiger charge is 2.48. The zero-order chi connectivity index (χ0) is 16.6. The molecule has 2 heterocycles. The number of anilines is 1. The molecule has 0 bridgehead atoms. The first-order chi connectivity index (χ1) is 10.8. The standard InChI is InChI=1S/C14H15F3N2O4/c15-14(16,17)7-2-1-3-8(4-7)19-13(20)23-10-6-22-11-9(18)5-21-12(10)11/h1-4,9-12H,5-6,18H2,(H,19,20)/t9-,10-,11-,12+/m0/s1. The van der Waals surface area contributed by atoms with Crippen LogP contribution in [0.1, 0.15) is 5.56 Å². The molecule has 4 atom stereocenters. The van der Waals surface area contributed by atoms with Crippen molar-refractivity contribution in [2.45, 2.75) is 30.5 Å². The molecule has 126 valence electrons. The highest BCUT2D eigenvalue weighted by atomic mass is 19.4. The van der Waals surface area contributed by atoms with Crippen LogP contribution in [0, 0.1) is 0 Å². The number of alkyl halides is 3. The summed E-state index contributed by atoms with van der Waals surface area (Å²) >= 11 is 0. The molecule has 6 nitrogen and oxygen atoms in total. The predicted molar refractivity (Wildman–Crippen MR) is 72.8 cm³/mol. The van der Waals surface area contributed by atoms with E-state index in [9.17, 15) is 18.0 Å². The summed E-state index contributed by atoms with van der Waals surface area (Å²) in [4.78, 5) is 11.8. The maximum atomic E-state index is 12.6. The molecular weight excluding hydrogens is 317 g/mol. The van der Waals surface area contributed by atoms with Gasteiger partial charge < -0.3 is 19.9 Å². The molecule has 23 heavy (non-hydrogen) atoms. The molecule has 2 aliphatic rings. The van der Waals surface area contributed by atoms with Gasteiger partial charge in [0.2, 0.25) is 0 Å². The fourth-order valence-corrected chi connectivity index (χ4v) is 2.65. The normalized spacial score (nSPS) is 30.1. The lowest BCUT2D eigenvalue weighted by Gasteiger charge is -2.17. The Morgan fingerprint density at radius 3 is 2.74 bits per heavy atom. The molecule has 0 unspecified atom stereocenters. The summed E-state index contributed by atoms with van der Waals surface area (Å²) in [6, 6.07) is 4.01. The maximum absolute atomic E-state index is 12.6. The Balaban J connectivity index is 1.60. The van der Waals surface area contributed by atoms with Crippen molar-refractivity contribution >= 4 is 11.8 Å². The van der Waals surface area contributed by atoms with Gasteiger partial charge in [-0.2, -0.15) is 13.2 Å². The molecular formula is C14H15F3N2O4. The van der Waals surface area contributed by atoms with Crippen LogP contribution in [0.2, 0.25) is 0 Å². The van der Waals surface area contributed by atoms with Gasteiger partial charge in [0.05, 0.1) is 24.8 Å². The van der Waals surface area contributed by atoms with E-state index in [1.54, 1.807) is 0 Å². The quantitative estimate of drug-likeness (QED) is 0.862. The van der Waals surface area contributed by atoms with Crippen molar-refractivity contribution in [3.8, 4) is 0 Å². The lowest BCUT2D eigenvalue weighted by atomic mass is 10.1. The third-order valence-corrected chi connectivity index (χ3v) is 3.74. The van der Waals surface area contributed by atoms with Crippen molar-refractivity contribution in [3.63, 3.8) is 0 Å². The lowest BCUT2D eigenvalue weighted by molar-refractivity contribution is -0.137. The van der Waals surface area contributed by atoms with Gasteiger partial charge in [-0.15, -0.1) is 0 Å². The Morgan fingerprint density at radius 2 is 2.00 bits per heavy atom. The van der Waals surface area contributed by atoms with Crippen LogP contribution < -0.4 is 11.1 Å². The molecule has 0 saturated carbocycles. The van der Waals surface area contributed by atoms with E-state index in [0.717, 1.165) is 12.1 Å². The molecule has 0 aromatic heterocycles. The molecule has 0 spiro atoms. The fraction of sp³-hybridized carbons (Fsp3) is 0.500. The van der Waals surface area contributed by atoms with Crippen molar-refractivity contribution in [2.75, 3.05) is 18.5 Å². The number of nitrogens with two attached hydrogens (primary N) is 1. The average molecular weight is 332 g/mol. The molecule has 2 aliphatic heterocycles. The summed E-state index contributed by atoms with van der Waals surface area (Å²) in [6.45, 7) is 0.448. The summed E-state index contributed by atoms with van der Waals surface area (Å²) in [5, 5.41) is 2.27. The van der Waals surface area contributed by atoms with Gasteiger partial charge in [-0.25, -0.2) is 4.79 Å². The van der Waals surface area contributed by atoms with Gasteiger partial charge in [0, 0.05) is 5.69 Å². The summed E-state index contributed by atoms with van der Waals surface area (Å²) in [5.74, 6) is 0. The minimum Gasteiger partial charge on any atom is -0.441 e. The number of rotatable bonds is 2. The number of carbonyl (C=O) groups excluding carboxylic acids is 1. The van der Waals surface area contributed by atoms with Crippen LogP contribution >= 0.6 is 0 Å². The smallest absolute Gasteiger partial charge is 0.416 e. The molecule has 3 N–H and O–H groups in total. The van der Waals surface area contributed by atoms with E-state index < -0.39 is 30.0 Å². The van der Waals surface area contributed by atoms with Gasteiger partial charge in [-0.1, -0.05) is 6.07 Å². The number of amides is 1. The number of hydrogen-bond acceptors (Lipinski definition) is 5. The number of carbonyl (C=O) groups is 1. The number of halogens is 3. The Labute approximate surface area is 129 Å². The van der Waals surface area contributed by atoms with E-state index in [1.165, 1.54) is 12.1 Å². The van der Waals surface area contributed by atoms with Gasteiger partial charge in [0.25, 0.3) is 0 Å². The zero-order valence-corrected chi connectivity index (χ0v) is 11.9. The Hall–Kier alpha value is -1.84. The Kier molecular flexibility index (Phi) is 4.17. The first kappa shape index (κ1) is 16.0. The van der Waals surface area contributed by atoms with Gasteiger partial charge in [-0.05, 0) is 18.2 Å². The van der Waals surface area contributed by atoms with E-state index in [-0.39, 0.29) is 24.4 Å². The van der Waals surface area contributed by atoms with E-state index in [4.69, 9.17) is 19.9 Å². The summed E-state index contributed by atoms with van der Waals surface area (Å²) < 4.78 is 53.9. The molecule has 2 fully saturated rings. The van der Waals surface area contributed by atoms with E-state index >= 15 is 0 Å². The summed E-state index contributed by atoms with van der Waals surface area (Å²) in [6.07, 6.45) is -6.78. The number of hydrogen-bond donors (Lipinski definition) is 2. The SMILES string of the molecule is N[C@H]1CO[C@H]2[C@H]1OC[C@@H]2OC(=O)Nc1cccc(C(F)(F)F)c1. The zero-order valence-electron chi connectivity index (χ0n) is 11.9. The fourth-order valence-electron chi connectivity index (χ4n) is 2.65. The summed E-state index contributed by atoms with van der Waals surface area (Å²) in [5.41, 5.74) is 4.91. The minimum atomic E-state index is -4.48. The molecule has 2 saturated heterocycles. The molecule has 3 rings (SSSR count). The predicted octanol–water partition coefficient (Wildman–Crippen LogP) is 1.75. The third-order valence-electron chi connectivity index (χ3n) is 3.74.